The number of anilines is 1. The summed E-state index contributed by atoms with van der Waals surface area (Å²) in [5, 5.41) is 6.25. The third-order valence-electron chi connectivity index (χ3n) is 2.45. The van der Waals surface area contributed by atoms with Crippen LogP contribution in [0.5, 0.6) is 0 Å². The van der Waals surface area contributed by atoms with E-state index in [4.69, 9.17) is 0 Å². The molecule has 0 saturated heterocycles. The van der Waals surface area contributed by atoms with Crippen LogP contribution < -0.4 is 5.32 Å². The van der Waals surface area contributed by atoms with Crippen LogP contribution in [-0.2, 0) is 11.0 Å². The molecular formula is C14H10F3NOS. The summed E-state index contributed by atoms with van der Waals surface area (Å²) in [4.78, 5) is 11.6. The van der Waals surface area contributed by atoms with Crippen LogP contribution in [0.25, 0.3) is 6.08 Å². The highest BCUT2D eigenvalue weighted by Crippen LogP contribution is 2.29. The molecular weight excluding hydrogens is 287 g/mol. The van der Waals surface area contributed by atoms with Crippen LogP contribution in [0.3, 0.4) is 0 Å². The second-order valence-electron chi connectivity index (χ2n) is 3.95. The van der Waals surface area contributed by atoms with Gasteiger partial charge in [0.2, 0.25) is 5.91 Å². The molecule has 0 aliphatic carbocycles. The van der Waals surface area contributed by atoms with Crippen LogP contribution in [-0.4, -0.2) is 5.91 Å². The molecule has 0 atom stereocenters. The molecule has 0 unspecified atom stereocenters. The Kier molecular flexibility index (Phi) is 4.24. The van der Waals surface area contributed by atoms with E-state index in [0.717, 1.165) is 17.7 Å². The second-order valence-corrected chi connectivity index (χ2v) is 4.73. The zero-order valence-electron chi connectivity index (χ0n) is 10.1. The monoisotopic (exact) mass is 297 g/mol. The number of nitrogens with one attached hydrogen (secondary N) is 1. The van der Waals surface area contributed by atoms with E-state index in [-0.39, 0.29) is 0 Å². The molecule has 2 aromatic rings. The molecule has 0 radical (unpaired) electrons. The fraction of sp³-hybridized carbons (Fsp3) is 0.0714. The summed E-state index contributed by atoms with van der Waals surface area (Å²) in [6.07, 6.45) is -1.41. The Labute approximate surface area is 117 Å². The van der Waals surface area contributed by atoms with Crippen molar-refractivity contribution in [2.24, 2.45) is 0 Å². The predicted molar refractivity (Wildman–Crippen MR) is 73.4 cm³/mol. The lowest BCUT2D eigenvalue weighted by Crippen LogP contribution is -2.09. The largest absolute Gasteiger partial charge is 0.416 e. The fourth-order valence-electron chi connectivity index (χ4n) is 1.47. The number of halogens is 3. The molecule has 6 heteroatoms. The van der Waals surface area contributed by atoms with Crippen LogP contribution in [0.15, 0.2) is 47.2 Å². The molecule has 0 saturated carbocycles. The van der Waals surface area contributed by atoms with Gasteiger partial charge in [0.1, 0.15) is 0 Å². The topological polar surface area (TPSA) is 29.1 Å². The van der Waals surface area contributed by atoms with Crippen molar-refractivity contribution in [2.75, 3.05) is 5.32 Å². The molecule has 2 rings (SSSR count). The zero-order valence-corrected chi connectivity index (χ0v) is 11.0. The molecule has 1 aromatic heterocycles. The Hall–Kier alpha value is -2.08. The predicted octanol–water partition coefficient (Wildman–Crippen LogP) is 4.42. The van der Waals surface area contributed by atoms with Gasteiger partial charge in [0.15, 0.2) is 0 Å². The maximum atomic E-state index is 12.4. The Morgan fingerprint density at radius 2 is 1.85 bits per heavy atom. The van der Waals surface area contributed by atoms with Gasteiger partial charge in [0.25, 0.3) is 0 Å². The van der Waals surface area contributed by atoms with Gasteiger partial charge < -0.3 is 5.32 Å². The smallest absolute Gasteiger partial charge is 0.323 e. The van der Waals surface area contributed by atoms with Crippen LogP contribution in [0.1, 0.15) is 11.1 Å². The first kappa shape index (κ1) is 14.3. The van der Waals surface area contributed by atoms with Crippen LogP contribution in [0.2, 0.25) is 0 Å². The lowest BCUT2D eigenvalue weighted by atomic mass is 10.2. The van der Waals surface area contributed by atoms with Crippen molar-refractivity contribution >= 4 is 29.0 Å². The number of carbonyl (C=O) groups excluding carboxylic acids is 1. The normalized spacial score (nSPS) is 11.8. The summed E-state index contributed by atoms with van der Waals surface area (Å²) in [5.74, 6) is -0.393. The van der Waals surface area contributed by atoms with Crippen molar-refractivity contribution in [3.05, 3.63) is 58.3 Å². The molecule has 2 nitrogen and oxygen atoms in total. The number of amides is 1. The van der Waals surface area contributed by atoms with E-state index in [1.54, 1.807) is 6.08 Å². The Morgan fingerprint density at radius 1 is 1.15 bits per heavy atom. The highest BCUT2D eigenvalue weighted by atomic mass is 32.1. The van der Waals surface area contributed by atoms with Crippen molar-refractivity contribution in [3.8, 4) is 0 Å². The first-order valence-corrected chi connectivity index (χ1v) is 6.58. The molecule has 0 spiro atoms. The van der Waals surface area contributed by atoms with Gasteiger partial charge in [0.05, 0.1) is 5.56 Å². The van der Waals surface area contributed by atoms with E-state index >= 15 is 0 Å². The quantitative estimate of drug-likeness (QED) is 0.835. The van der Waals surface area contributed by atoms with E-state index in [1.807, 2.05) is 16.8 Å². The maximum absolute atomic E-state index is 12.4. The van der Waals surface area contributed by atoms with Crippen molar-refractivity contribution in [3.63, 3.8) is 0 Å². The number of rotatable bonds is 3. The van der Waals surface area contributed by atoms with Gasteiger partial charge in [-0.2, -0.15) is 24.5 Å². The molecule has 0 fully saturated rings. The first-order chi connectivity index (χ1) is 9.45. The molecule has 104 valence electrons. The van der Waals surface area contributed by atoms with Gasteiger partial charge in [-0.25, -0.2) is 0 Å². The zero-order chi connectivity index (χ0) is 14.6. The molecule has 0 aliphatic heterocycles. The Balaban J connectivity index is 1.98. The van der Waals surface area contributed by atoms with Crippen LogP contribution in [0.4, 0.5) is 18.9 Å². The molecule has 0 bridgehead atoms. The summed E-state index contributed by atoms with van der Waals surface area (Å²) in [7, 11) is 0. The number of hydrogen-bond acceptors (Lipinski definition) is 2. The van der Waals surface area contributed by atoms with Gasteiger partial charge in [-0.15, -0.1) is 0 Å². The van der Waals surface area contributed by atoms with Gasteiger partial charge in [0, 0.05) is 11.8 Å². The third kappa shape index (κ3) is 3.96. The van der Waals surface area contributed by atoms with E-state index < -0.39 is 17.6 Å². The average Bonchev–Trinajstić information content (AvgIpc) is 2.89. The minimum absolute atomic E-state index is 0.318. The summed E-state index contributed by atoms with van der Waals surface area (Å²) < 4.78 is 37.1. The average molecular weight is 297 g/mol. The fourth-order valence-corrected chi connectivity index (χ4v) is 2.10. The Morgan fingerprint density at radius 3 is 2.40 bits per heavy atom. The SMILES string of the molecule is O=C(/C=C/c1ccsc1)Nc1ccc(C(F)(F)F)cc1. The molecule has 1 heterocycles. The minimum atomic E-state index is -4.37. The number of thiophene rings is 1. The molecule has 0 aliphatic rings. The first-order valence-electron chi connectivity index (χ1n) is 5.64. The van der Waals surface area contributed by atoms with Crippen LogP contribution >= 0.6 is 11.3 Å². The van der Waals surface area contributed by atoms with Crippen molar-refractivity contribution in [2.45, 2.75) is 6.18 Å². The summed E-state index contributed by atoms with van der Waals surface area (Å²) in [6, 6.07) is 6.15. The van der Waals surface area contributed by atoms with Gasteiger partial charge >= 0.3 is 6.18 Å². The van der Waals surface area contributed by atoms with Gasteiger partial charge in [-0.3, -0.25) is 4.79 Å². The van der Waals surface area contributed by atoms with Crippen molar-refractivity contribution < 1.29 is 18.0 Å². The van der Waals surface area contributed by atoms with E-state index in [2.05, 4.69) is 5.32 Å². The van der Waals surface area contributed by atoms with Gasteiger partial charge in [-0.05, 0) is 52.7 Å². The number of benzene rings is 1. The van der Waals surface area contributed by atoms with E-state index in [0.29, 0.717) is 5.69 Å². The van der Waals surface area contributed by atoms with Crippen molar-refractivity contribution in [1.82, 2.24) is 0 Å². The summed E-state index contributed by atoms with van der Waals surface area (Å²) >= 11 is 1.51. The Bertz CT molecular complexity index is 600. The third-order valence-corrected chi connectivity index (χ3v) is 3.15. The highest BCUT2D eigenvalue weighted by Gasteiger charge is 2.29. The van der Waals surface area contributed by atoms with Crippen LogP contribution in [0, 0.1) is 0 Å². The van der Waals surface area contributed by atoms with E-state index in [9.17, 15) is 18.0 Å². The lowest BCUT2D eigenvalue weighted by molar-refractivity contribution is -0.137. The standard InChI is InChI=1S/C14H10F3NOS/c15-14(16,17)11-2-4-12(5-3-11)18-13(19)6-1-10-7-8-20-9-10/h1-9H,(H,18,19)/b6-1+. The lowest BCUT2D eigenvalue weighted by Gasteiger charge is -2.07. The van der Waals surface area contributed by atoms with Gasteiger partial charge in [-0.1, -0.05) is 0 Å². The highest BCUT2D eigenvalue weighted by molar-refractivity contribution is 7.08. The maximum Gasteiger partial charge on any atom is 0.416 e. The molecule has 20 heavy (non-hydrogen) atoms. The number of alkyl halides is 3. The summed E-state index contributed by atoms with van der Waals surface area (Å²) in [6.45, 7) is 0. The van der Waals surface area contributed by atoms with Crippen molar-refractivity contribution in [1.29, 1.82) is 0 Å². The van der Waals surface area contributed by atoms with E-state index in [1.165, 1.54) is 29.5 Å². The number of hydrogen-bond donors (Lipinski definition) is 1. The molecule has 1 N–H and O–H groups in total. The number of carbonyl (C=O) groups is 1. The second kappa shape index (κ2) is 5.92. The summed E-state index contributed by atoms with van der Waals surface area (Å²) in [5.41, 5.74) is 0.472. The molecule has 1 amide bonds. The molecule has 1 aromatic carbocycles. The minimum Gasteiger partial charge on any atom is -0.323 e.